The molecule has 19 heavy (non-hydrogen) atoms. The van der Waals surface area contributed by atoms with Crippen molar-refractivity contribution in [3.8, 4) is 0 Å². The first-order chi connectivity index (χ1) is 9.15. The molecule has 0 spiro atoms. The van der Waals surface area contributed by atoms with Crippen molar-refractivity contribution < 1.29 is 4.74 Å². The minimum Gasteiger partial charge on any atom is -0.378 e. The zero-order chi connectivity index (χ0) is 13.8. The van der Waals surface area contributed by atoms with Gasteiger partial charge in [0.1, 0.15) is 5.01 Å². The maximum Gasteiger partial charge on any atom is 0.112 e. The van der Waals surface area contributed by atoms with E-state index in [1.54, 1.807) is 7.11 Å². The van der Waals surface area contributed by atoms with Gasteiger partial charge in [0.15, 0.2) is 0 Å². The summed E-state index contributed by atoms with van der Waals surface area (Å²) < 4.78 is 5.26. The smallest absolute Gasteiger partial charge is 0.112 e. The summed E-state index contributed by atoms with van der Waals surface area (Å²) in [6, 6.07) is 0.407. The molecular formula is C13H24N4OS. The highest BCUT2D eigenvalue weighted by Gasteiger charge is 2.27. The van der Waals surface area contributed by atoms with Gasteiger partial charge in [-0.1, -0.05) is 0 Å². The number of hydrogen-bond acceptors (Lipinski definition) is 6. The zero-order valence-corrected chi connectivity index (χ0v) is 13.1. The van der Waals surface area contributed by atoms with E-state index in [0.717, 1.165) is 31.9 Å². The van der Waals surface area contributed by atoms with Crippen LogP contribution in [0, 0.1) is 0 Å². The topological polar surface area (TPSA) is 40.6 Å². The number of rotatable bonds is 5. The van der Waals surface area contributed by atoms with Gasteiger partial charge in [0, 0.05) is 38.2 Å². The highest BCUT2D eigenvalue weighted by Crippen LogP contribution is 2.29. The molecule has 0 aromatic carbocycles. The Labute approximate surface area is 119 Å². The molecule has 0 radical (unpaired) electrons. The molecule has 1 aromatic rings. The van der Waals surface area contributed by atoms with Gasteiger partial charge in [0.05, 0.1) is 18.3 Å². The quantitative estimate of drug-likeness (QED) is 0.871. The van der Waals surface area contributed by atoms with Gasteiger partial charge in [0.25, 0.3) is 0 Å². The number of likely N-dealkylation sites (N-methyl/N-ethyl adjacent to an activating group) is 2. The Morgan fingerprint density at radius 2 is 2.21 bits per heavy atom. The van der Waals surface area contributed by atoms with E-state index in [1.807, 2.05) is 18.4 Å². The Bertz CT molecular complexity index is 386. The molecule has 2 heterocycles. The highest BCUT2D eigenvalue weighted by atomic mass is 32.1. The molecule has 1 atom stereocenters. The fraction of sp³-hybridized carbons (Fsp3) is 0.769. The Balaban J connectivity index is 2.20. The molecular weight excluding hydrogens is 260 g/mol. The molecule has 0 saturated carbocycles. The van der Waals surface area contributed by atoms with Crippen molar-refractivity contribution in [2.45, 2.75) is 19.2 Å². The van der Waals surface area contributed by atoms with E-state index in [4.69, 9.17) is 9.72 Å². The van der Waals surface area contributed by atoms with E-state index in [0.29, 0.717) is 12.6 Å². The first kappa shape index (κ1) is 14.9. The molecule has 0 amide bonds. The minimum atomic E-state index is 0.407. The van der Waals surface area contributed by atoms with E-state index < -0.39 is 0 Å². The second kappa shape index (κ2) is 6.76. The number of methoxy groups -OCH3 is 1. The fourth-order valence-electron chi connectivity index (χ4n) is 2.37. The van der Waals surface area contributed by atoms with E-state index in [2.05, 4.69) is 29.2 Å². The number of nitrogens with one attached hydrogen (secondary N) is 1. The van der Waals surface area contributed by atoms with Crippen molar-refractivity contribution in [3.05, 3.63) is 15.6 Å². The van der Waals surface area contributed by atoms with Crippen LogP contribution in [0.25, 0.3) is 0 Å². The molecule has 108 valence electrons. The van der Waals surface area contributed by atoms with Gasteiger partial charge in [0.2, 0.25) is 0 Å². The summed E-state index contributed by atoms with van der Waals surface area (Å²) in [6.45, 7) is 4.74. The molecule has 1 unspecified atom stereocenters. The Kier molecular flexibility index (Phi) is 5.29. The molecule has 5 nitrogen and oxygen atoms in total. The molecule has 1 aliphatic heterocycles. The van der Waals surface area contributed by atoms with Gasteiger partial charge in [-0.15, -0.1) is 11.3 Å². The number of piperazine rings is 1. The number of nitrogens with zero attached hydrogens (tertiary/aromatic N) is 3. The lowest BCUT2D eigenvalue weighted by Crippen LogP contribution is -2.44. The Hall–Kier alpha value is -0.530. The first-order valence-corrected chi connectivity index (χ1v) is 7.48. The second-order valence-electron chi connectivity index (χ2n) is 5.14. The predicted molar refractivity (Wildman–Crippen MR) is 78.5 cm³/mol. The van der Waals surface area contributed by atoms with Crippen LogP contribution in [-0.4, -0.2) is 62.7 Å². The SMILES string of the molecule is CNCc1sc(C2CN(C)CCN2C)nc1COC. The maximum absolute atomic E-state index is 5.26. The molecule has 0 aliphatic carbocycles. The molecule has 0 bridgehead atoms. The van der Waals surface area contributed by atoms with Crippen LogP contribution in [0.4, 0.5) is 0 Å². The van der Waals surface area contributed by atoms with Crippen molar-refractivity contribution in [3.63, 3.8) is 0 Å². The third-order valence-corrected chi connectivity index (χ3v) is 4.75. The molecule has 1 aromatic heterocycles. The lowest BCUT2D eigenvalue weighted by Gasteiger charge is -2.36. The normalized spacial score (nSPS) is 22.0. The van der Waals surface area contributed by atoms with Crippen LogP contribution in [0.5, 0.6) is 0 Å². The number of hydrogen-bond donors (Lipinski definition) is 1. The summed E-state index contributed by atoms with van der Waals surface area (Å²) in [5.74, 6) is 0. The van der Waals surface area contributed by atoms with Crippen LogP contribution in [0.15, 0.2) is 0 Å². The standard InChI is InChI=1S/C13H24N4OS/c1-14-7-12-10(9-18-4)15-13(19-12)11-8-16(2)5-6-17(11)3/h11,14H,5-9H2,1-4H3. The lowest BCUT2D eigenvalue weighted by molar-refractivity contribution is 0.114. The second-order valence-corrected chi connectivity index (χ2v) is 6.26. The maximum atomic E-state index is 5.26. The van der Waals surface area contributed by atoms with Gasteiger partial charge < -0.3 is 15.0 Å². The largest absolute Gasteiger partial charge is 0.378 e. The summed E-state index contributed by atoms with van der Waals surface area (Å²) in [6.07, 6.45) is 0. The van der Waals surface area contributed by atoms with E-state index in [1.165, 1.54) is 9.88 Å². The van der Waals surface area contributed by atoms with Crippen molar-refractivity contribution in [1.82, 2.24) is 20.1 Å². The third kappa shape index (κ3) is 3.52. The third-order valence-electron chi connectivity index (χ3n) is 3.55. The zero-order valence-electron chi connectivity index (χ0n) is 12.3. The number of aromatic nitrogens is 1. The van der Waals surface area contributed by atoms with Gasteiger partial charge >= 0.3 is 0 Å². The molecule has 1 N–H and O–H groups in total. The minimum absolute atomic E-state index is 0.407. The van der Waals surface area contributed by atoms with Crippen molar-refractivity contribution in [2.75, 3.05) is 47.9 Å². The highest BCUT2D eigenvalue weighted by molar-refractivity contribution is 7.11. The molecule has 2 rings (SSSR count). The molecule has 1 fully saturated rings. The van der Waals surface area contributed by atoms with Crippen LogP contribution >= 0.6 is 11.3 Å². The van der Waals surface area contributed by atoms with Crippen molar-refractivity contribution in [1.29, 1.82) is 0 Å². The summed E-state index contributed by atoms with van der Waals surface area (Å²) in [5, 5.41) is 4.42. The monoisotopic (exact) mass is 284 g/mol. The van der Waals surface area contributed by atoms with Crippen LogP contribution in [0.2, 0.25) is 0 Å². The van der Waals surface area contributed by atoms with Gasteiger partial charge in [-0.2, -0.15) is 0 Å². The van der Waals surface area contributed by atoms with Crippen LogP contribution < -0.4 is 5.32 Å². The summed E-state index contributed by atoms with van der Waals surface area (Å²) >= 11 is 1.81. The van der Waals surface area contributed by atoms with Crippen molar-refractivity contribution >= 4 is 11.3 Å². The first-order valence-electron chi connectivity index (χ1n) is 6.66. The van der Waals surface area contributed by atoms with Gasteiger partial charge in [-0.3, -0.25) is 4.90 Å². The molecule has 1 aliphatic rings. The molecule has 1 saturated heterocycles. The number of ether oxygens (including phenoxy) is 1. The molecule has 6 heteroatoms. The van der Waals surface area contributed by atoms with Gasteiger partial charge in [-0.25, -0.2) is 4.98 Å². The van der Waals surface area contributed by atoms with Crippen LogP contribution in [-0.2, 0) is 17.9 Å². The summed E-state index contributed by atoms with van der Waals surface area (Å²) in [7, 11) is 8.06. The van der Waals surface area contributed by atoms with E-state index in [9.17, 15) is 0 Å². The average Bonchev–Trinajstić information content (AvgIpc) is 2.77. The average molecular weight is 284 g/mol. The van der Waals surface area contributed by atoms with E-state index in [-0.39, 0.29) is 0 Å². The lowest BCUT2D eigenvalue weighted by atomic mass is 10.2. The Morgan fingerprint density at radius 3 is 2.89 bits per heavy atom. The fourth-order valence-corrected chi connectivity index (χ4v) is 3.61. The number of thiazole rings is 1. The Morgan fingerprint density at radius 1 is 1.42 bits per heavy atom. The van der Waals surface area contributed by atoms with E-state index >= 15 is 0 Å². The summed E-state index contributed by atoms with van der Waals surface area (Å²) in [4.78, 5) is 10.9. The van der Waals surface area contributed by atoms with Crippen LogP contribution in [0.1, 0.15) is 21.6 Å². The van der Waals surface area contributed by atoms with Crippen LogP contribution in [0.3, 0.4) is 0 Å². The predicted octanol–water partition coefficient (Wildman–Crippen LogP) is 0.927. The summed E-state index contributed by atoms with van der Waals surface area (Å²) in [5.41, 5.74) is 1.08. The van der Waals surface area contributed by atoms with Crippen molar-refractivity contribution in [2.24, 2.45) is 0 Å². The van der Waals surface area contributed by atoms with Gasteiger partial charge in [-0.05, 0) is 21.1 Å².